The number of aliphatic carboxylic acids is 1. The summed E-state index contributed by atoms with van der Waals surface area (Å²) in [6.07, 6.45) is 0. The number of nitrogens with one attached hydrogen (secondary N) is 1. The molecule has 3 amide bonds. The monoisotopic (exact) mass is 335 g/mol. The third-order valence-electron chi connectivity index (χ3n) is 3.76. The average Bonchev–Trinajstić information content (AvgIpc) is 2.96. The zero-order valence-corrected chi connectivity index (χ0v) is 13.9. The van der Waals surface area contributed by atoms with Crippen LogP contribution in [0.2, 0.25) is 0 Å². The summed E-state index contributed by atoms with van der Waals surface area (Å²) in [5, 5.41) is 11.7. The van der Waals surface area contributed by atoms with Gasteiger partial charge in [0, 0.05) is 24.7 Å². The lowest BCUT2D eigenvalue weighted by molar-refractivity contribution is -0.138. The zero-order valence-electron chi connectivity index (χ0n) is 13.9. The third-order valence-corrected chi connectivity index (χ3v) is 3.76. The number of carboxylic acids is 1. The summed E-state index contributed by atoms with van der Waals surface area (Å²) in [4.78, 5) is 38.3. The highest BCUT2D eigenvalue weighted by Gasteiger charge is 2.27. The van der Waals surface area contributed by atoms with Crippen LogP contribution in [-0.4, -0.2) is 60.7 Å². The van der Waals surface area contributed by atoms with Crippen molar-refractivity contribution in [3.8, 4) is 5.75 Å². The number of ether oxygens (including phenoxy) is 1. The molecule has 0 aromatic heterocycles. The second-order valence-electron chi connectivity index (χ2n) is 5.69. The smallest absolute Gasteiger partial charge is 0.323 e. The SMILES string of the molecule is COc1ccc(C(=O)N(CC(=O)O)C(C)C)cc1N1CCNC1=O. The minimum atomic E-state index is -1.08. The first-order valence-electron chi connectivity index (χ1n) is 7.61. The van der Waals surface area contributed by atoms with Crippen LogP contribution in [0.1, 0.15) is 24.2 Å². The van der Waals surface area contributed by atoms with Gasteiger partial charge < -0.3 is 20.1 Å². The van der Waals surface area contributed by atoms with Crippen LogP contribution < -0.4 is 15.0 Å². The number of methoxy groups -OCH3 is 1. The highest BCUT2D eigenvalue weighted by molar-refractivity contribution is 6.00. The van der Waals surface area contributed by atoms with Crippen LogP contribution in [0.25, 0.3) is 0 Å². The van der Waals surface area contributed by atoms with Gasteiger partial charge in [-0.1, -0.05) is 0 Å². The van der Waals surface area contributed by atoms with E-state index in [-0.39, 0.29) is 18.6 Å². The molecule has 0 aliphatic carbocycles. The number of hydrogen-bond acceptors (Lipinski definition) is 4. The van der Waals surface area contributed by atoms with Gasteiger partial charge in [0.05, 0.1) is 12.8 Å². The summed E-state index contributed by atoms with van der Waals surface area (Å²) in [5.74, 6) is -1.02. The Bertz CT molecular complexity index is 659. The molecule has 0 saturated carbocycles. The second-order valence-corrected chi connectivity index (χ2v) is 5.69. The summed E-state index contributed by atoms with van der Waals surface area (Å²) < 4.78 is 5.27. The van der Waals surface area contributed by atoms with Crippen molar-refractivity contribution >= 4 is 23.6 Å². The van der Waals surface area contributed by atoms with E-state index in [0.29, 0.717) is 30.1 Å². The van der Waals surface area contributed by atoms with Crippen LogP contribution in [0.5, 0.6) is 5.75 Å². The number of amides is 3. The lowest BCUT2D eigenvalue weighted by Crippen LogP contribution is -2.40. The zero-order chi connectivity index (χ0) is 17.9. The fraction of sp³-hybridized carbons (Fsp3) is 0.438. The fourth-order valence-corrected chi connectivity index (χ4v) is 2.54. The quantitative estimate of drug-likeness (QED) is 0.813. The average molecular weight is 335 g/mol. The van der Waals surface area contributed by atoms with Crippen LogP contribution in [0.3, 0.4) is 0 Å². The Balaban J connectivity index is 2.38. The second kappa shape index (κ2) is 7.20. The predicted octanol–water partition coefficient (Wildman–Crippen LogP) is 1.16. The first kappa shape index (κ1) is 17.6. The highest BCUT2D eigenvalue weighted by atomic mass is 16.5. The Kier molecular flexibility index (Phi) is 5.28. The van der Waals surface area contributed by atoms with Gasteiger partial charge in [-0.3, -0.25) is 14.5 Å². The highest BCUT2D eigenvalue weighted by Crippen LogP contribution is 2.31. The lowest BCUT2D eigenvalue weighted by atomic mass is 10.1. The van der Waals surface area contributed by atoms with E-state index in [9.17, 15) is 14.4 Å². The Hall–Kier alpha value is -2.77. The van der Waals surface area contributed by atoms with E-state index in [1.54, 1.807) is 32.0 Å². The molecule has 0 atom stereocenters. The van der Waals surface area contributed by atoms with Gasteiger partial charge in [0.15, 0.2) is 0 Å². The van der Waals surface area contributed by atoms with E-state index >= 15 is 0 Å². The minimum absolute atomic E-state index is 0.260. The van der Waals surface area contributed by atoms with Crippen LogP contribution in [0, 0.1) is 0 Å². The molecule has 0 radical (unpaired) electrons. The predicted molar refractivity (Wildman–Crippen MR) is 87.5 cm³/mol. The largest absolute Gasteiger partial charge is 0.495 e. The van der Waals surface area contributed by atoms with Crippen molar-refractivity contribution in [3.63, 3.8) is 0 Å². The molecule has 0 spiro atoms. The molecule has 0 bridgehead atoms. The van der Waals surface area contributed by atoms with E-state index in [0.717, 1.165) is 0 Å². The molecular weight excluding hydrogens is 314 g/mol. The molecule has 2 rings (SSSR count). The summed E-state index contributed by atoms with van der Waals surface area (Å²) in [6.45, 7) is 4.09. The van der Waals surface area contributed by atoms with E-state index < -0.39 is 11.9 Å². The maximum absolute atomic E-state index is 12.7. The maximum Gasteiger partial charge on any atom is 0.323 e. The Labute approximate surface area is 140 Å². The van der Waals surface area contributed by atoms with E-state index in [4.69, 9.17) is 9.84 Å². The Morgan fingerprint density at radius 3 is 2.62 bits per heavy atom. The number of anilines is 1. The molecule has 24 heavy (non-hydrogen) atoms. The summed E-state index contributed by atoms with van der Waals surface area (Å²) in [7, 11) is 1.49. The molecule has 1 aromatic carbocycles. The molecule has 1 aliphatic rings. The van der Waals surface area contributed by atoms with Crippen molar-refractivity contribution in [2.24, 2.45) is 0 Å². The van der Waals surface area contributed by atoms with Gasteiger partial charge in [-0.2, -0.15) is 0 Å². The summed E-state index contributed by atoms with van der Waals surface area (Å²) in [5.41, 5.74) is 0.790. The normalized spacial score (nSPS) is 13.8. The molecule has 130 valence electrons. The molecule has 1 aliphatic heterocycles. The Morgan fingerprint density at radius 2 is 2.12 bits per heavy atom. The van der Waals surface area contributed by atoms with Gasteiger partial charge in [0.1, 0.15) is 12.3 Å². The minimum Gasteiger partial charge on any atom is -0.495 e. The topological polar surface area (TPSA) is 99.2 Å². The van der Waals surface area contributed by atoms with Crippen LogP contribution in [0.4, 0.5) is 10.5 Å². The van der Waals surface area contributed by atoms with E-state index in [2.05, 4.69) is 5.32 Å². The van der Waals surface area contributed by atoms with Crippen molar-refractivity contribution in [1.82, 2.24) is 10.2 Å². The van der Waals surface area contributed by atoms with Gasteiger partial charge in [0.25, 0.3) is 5.91 Å². The molecule has 1 heterocycles. The molecule has 8 heteroatoms. The molecule has 1 aromatic rings. The first-order chi connectivity index (χ1) is 11.3. The number of carbonyl (C=O) groups excluding carboxylic acids is 2. The van der Waals surface area contributed by atoms with Crippen molar-refractivity contribution in [3.05, 3.63) is 23.8 Å². The van der Waals surface area contributed by atoms with Crippen LogP contribution >= 0.6 is 0 Å². The number of carboxylic acid groups (broad SMARTS) is 1. The summed E-state index contributed by atoms with van der Waals surface area (Å²) in [6, 6.07) is 4.20. The molecular formula is C16H21N3O5. The van der Waals surface area contributed by atoms with Gasteiger partial charge in [-0.25, -0.2) is 4.79 Å². The Morgan fingerprint density at radius 1 is 1.42 bits per heavy atom. The van der Waals surface area contributed by atoms with Crippen molar-refractivity contribution < 1.29 is 24.2 Å². The van der Waals surface area contributed by atoms with Gasteiger partial charge >= 0.3 is 12.0 Å². The van der Waals surface area contributed by atoms with E-state index in [1.807, 2.05) is 0 Å². The molecule has 0 unspecified atom stereocenters. The fourth-order valence-electron chi connectivity index (χ4n) is 2.54. The van der Waals surface area contributed by atoms with Crippen molar-refractivity contribution in [1.29, 1.82) is 0 Å². The summed E-state index contributed by atoms with van der Waals surface area (Å²) >= 11 is 0. The maximum atomic E-state index is 12.7. The van der Waals surface area contributed by atoms with Crippen molar-refractivity contribution in [2.75, 3.05) is 31.6 Å². The third kappa shape index (κ3) is 3.58. The van der Waals surface area contributed by atoms with Gasteiger partial charge in [0.2, 0.25) is 0 Å². The lowest BCUT2D eigenvalue weighted by Gasteiger charge is -2.26. The van der Waals surface area contributed by atoms with Crippen LogP contribution in [-0.2, 0) is 4.79 Å². The number of benzene rings is 1. The van der Waals surface area contributed by atoms with Crippen LogP contribution in [0.15, 0.2) is 18.2 Å². The standard InChI is InChI=1S/C16H21N3O5/c1-10(2)19(9-14(20)21)15(22)11-4-5-13(24-3)12(8-11)18-7-6-17-16(18)23/h4-5,8,10H,6-7,9H2,1-3H3,(H,17,23)(H,20,21). The molecule has 8 nitrogen and oxygen atoms in total. The first-order valence-corrected chi connectivity index (χ1v) is 7.61. The number of carbonyl (C=O) groups is 3. The van der Waals surface area contributed by atoms with E-state index in [1.165, 1.54) is 16.9 Å². The number of hydrogen-bond donors (Lipinski definition) is 2. The van der Waals surface area contributed by atoms with Crippen molar-refractivity contribution in [2.45, 2.75) is 19.9 Å². The molecule has 1 fully saturated rings. The number of rotatable bonds is 6. The van der Waals surface area contributed by atoms with Gasteiger partial charge in [-0.15, -0.1) is 0 Å². The molecule has 1 saturated heterocycles. The number of nitrogens with zero attached hydrogens (tertiary/aromatic N) is 2. The molecule has 2 N–H and O–H groups in total. The number of urea groups is 1. The van der Waals surface area contributed by atoms with Gasteiger partial charge in [-0.05, 0) is 32.0 Å².